The van der Waals surface area contributed by atoms with Crippen LogP contribution >= 0.6 is 0 Å². The van der Waals surface area contributed by atoms with Crippen LogP contribution in [0.25, 0.3) is 0 Å². The first-order valence-corrected chi connectivity index (χ1v) is 6.46. The summed E-state index contributed by atoms with van der Waals surface area (Å²) in [7, 11) is 0. The molecule has 3 nitrogen and oxygen atoms in total. The normalized spacial score (nSPS) is 10.9. The largest absolute Gasteiger partial charge is 0.355 e. The minimum atomic E-state index is 0.618. The maximum atomic E-state index is 4.53. The standard InChI is InChI=1S/C15H21N3/c1-12(2)9-16-15-17-13(3)10-18(15)11-14-7-5-4-6-8-14/h4-8,10,12H,9,11H2,1-3H3,(H,16,17). The van der Waals surface area contributed by atoms with Gasteiger partial charge >= 0.3 is 0 Å². The van der Waals surface area contributed by atoms with Crippen LogP contribution in [-0.4, -0.2) is 16.1 Å². The van der Waals surface area contributed by atoms with Crippen molar-refractivity contribution in [2.45, 2.75) is 27.3 Å². The summed E-state index contributed by atoms with van der Waals surface area (Å²) < 4.78 is 2.17. The number of aryl methyl sites for hydroxylation is 1. The first-order chi connectivity index (χ1) is 8.65. The maximum absolute atomic E-state index is 4.53. The van der Waals surface area contributed by atoms with Crippen molar-refractivity contribution in [1.82, 2.24) is 9.55 Å². The van der Waals surface area contributed by atoms with E-state index >= 15 is 0 Å². The van der Waals surface area contributed by atoms with Crippen LogP contribution in [0.2, 0.25) is 0 Å². The Kier molecular flexibility index (Phi) is 4.03. The molecule has 0 aliphatic heterocycles. The number of nitrogens with zero attached hydrogens (tertiary/aromatic N) is 2. The van der Waals surface area contributed by atoms with Gasteiger partial charge < -0.3 is 9.88 Å². The molecule has 2 aromatic rings. The van der Waals surface area contributed by atoms with Crippen molar-refractivity contribution in [1.29, 1.82) is 0 Å². The number of rotatable bonds is 5. The average molecular weight is 243 g/mol. The van der Waals surface area contributed by atoms with Crippen LogP contribution in [0.15, 0.2) is 36.5 Å². The van der Waals surface area contributed by atoms with Crippen LogP contribution in [0.1, 0.15) is 25.1 Å². The number of hydrogen-bond donors (Lipinski definition) is 1. The van der Waals surface area contributed by atoms with Crippen LogP contribution in [0.4, 0.5) is 5.95 Å². The van der Waals surface area contributed by atoms with Crippen molar-refractivity contribution in [2.24, 2.45) is 5.92 Å². The summed E-state index contributed by atoms with van der Waals surface area (Å²) in [6, 6.07) is 10.5. The SMILES string of the molecule is Cc1cn(Cc2ccccc2)c(NCC(C)C)n1. The fourth-order valence-electron chi connectivity index (χ4n) is 1.88. The quantitative estimate of drug-likeness (QED) is 0.873. The number of benzene rings is 1. The number of aromatic nitrogens is 2. The second-order valence-electron chi connectivity index (χ2n) is 5.09. The highest BCUT2D eigenvalue weighted by Crippen LogP contribution is 2.12. The highest BCUT2D eigenvalue weighted by molar-refractivity contribution is 5.30. The summed E-state index contributed by atoms with van der Waals surface area (Å²) >= 11 is 0. The molecule has 0 aliphatic rings. The molecule has 3 heteroatoms. The first kappa shape index (κ1) is 12.7. The Hall–Kier alpha value is -1.77. The summed E-state index contributed by atoms with van der Waals surface area (Å²) in [6.45, 7) is 8.24. The van der Waals surface area contributed by atoms with E-state index < -0.39 is 0 Å². The molecule has 1 N–H and O–H groups in total. The van der Waals surface area contributed by atoms with E-state index in [2.05, 4.69) is 59.2 Å². The van der Waals surface area contributed by atoms with Gasteiger partial charge in [-0.1, -0.05) is 44.2 Å². The fraction of sp³-hybridized carbons (Fsp3) is 0.400. The van der Waals surface area contributed by atoms with Crippen molar-refractivity contribution in [3.8, 4) is 0 Å². The van der Waals surface area contributed by atoms with Gasteiger partial charge in [-0.05, 0) is 18.4 Å². The zero-order valence-electron chi connectivity index (χ0n) is 11.4. The van der Waals surface area contributed by atoms with Crippen molar-refractivity contribution in [3.63, 3.8) is 0 Å². The van der Waals surface area contributed by atoms with Crippen LogP contribution in [-0.2, 0) is 6.54 Å². The summed E-state index contributed by atoms with van der Waals surface area (Å²) in [5, 5.41) is 3.41. The summed E-state index contributed by atoms with van der Waals surface area (Å²) in [5.74, 6) is 1.58. The molecule has 1 aromatic carbocycles. The highest BCUT2D eigenvalue weighted by Gasteiger charge is 2.06. The zero-order valence-corrected chi connectivity index (χ0v) is 11.4. The molecule has 1 heterocycles. The van der Waals surface area contributed by atoms with Gasteiger partial charge in [-0.15, -0.1) is 0 Å². The zero-order chi connectivity index (χ0) is 13.0. The van der Waals surface area contributed by atoms with Gasteiger partial charge in [0.25, 0.3) is 0 Å². The second kappa shape index (κ2) is 5.71. The molecule has 96 valence electrons. The van der Waals surface area contributed by atoms with Gasteiger partial charge in [-0.3, -0.25) is 0 Å². The lowest BCUT2D eigenvalue weighted by Gasteiger charge is -2.11. The van der Waals surface area contributed by atoms with Crippen LogP contribution in [0.5, 0.6) is 0 Å². The summed E-state index contributed by atoms with van der Waals surface area (Å²) in [5.41, 5.74) is 2.35. The molecule has 0 spiro atoms. The molecule has 0 fully saturated rings. The Morgan fingerprint density at radius 1 is 1.22 bits per heavy atom. The van der Waals surface area contributed by atoms with E-state index in [9.17, 15) is 0 Å². The fourth-order valence-corrected chi connectivity index (χ4v) is 1.88. The molecule has 0 amide bonds. The lowest BCUT2D eigenvalue weighted by Crippen LogP contribution is -2.13. The Bertz CT molecular complexity index is 486. The van der Waals surface area contributed by atoms with Gasteiger partial charge in [0.2, 0.25) is 5.95 Å². The summed E-state index contributed by atoms with van der Waals surface area (Å²) in [4.78, 5) is 4.53. The lowest BCUT2D eigenvalue weighted by atomic mass is 10.2. The van der Waals surface area contributed by atoms with Gasteiger partial charge in [0.05, 0.1) is 12.2 Å². The third-order valence-corrected chi connectivity index (χ3v) is 2.76. The smallest absolute Gasteiger partial charge is 0.203 e. The second-order valence-corrected chi connectivity index (χ2v) is 5.09. The molecule has 1 aromatic heterocycles. The van der Waals surface area contributed by atoms with Crippen molar-refractivity contribution >= 4 is 5.95 Å². The highest BCUT2D eigenvalue weighted by atomic mass is 15.2. The minimum absolute atomic E-state index is 0.618. The number of imidazole rings is 1. The number of anilines is 1. The number of hydrogen-bond acceptors (Lipinski definition) is 2. The lowest BCUT2D eigenvalue weighted by molar-refractivity contribution is 0.676. The topological polar surface area (TPSA) is 29.9 Å². The van der Waals surface area contributed by atoms with E-state index in [0.717, 1.165) is 24.7 Å². The van der Waals surface area contributed by atoms with Crippen LogP contribution < -0.4 is 5.32 Å². The molecule has 0 bridgehead atoms. The third-order valence-electron chi connectivity index (χ3n) is 2.76. The monoisotopic (exact) mass is 243 g/mol. The molecule has 0 aliphatic carbocycles. The average Bonchev–Trinajstić information content (AvgIpc) is 2.68. The van der Waals surface area contributed by atoms with Crippen molar-refractivity contribution < 1.29 is 0 Å². The Morgan fingerprint density at radius 3 is 2.61 bits per heavy atom. The van der Waals surface area contributed by atoms with E-state index in [1.54, 1.807) is 0 Å². The number of nitrogens with one attached hydrogen (secondary N) is 1. The molecule has 0 saturated carbocycles. The van der Waals surface area contributed by atoms with Crippen LogP contribution in [0.3, 0.4) is 0 Å². The van der Waals surface area contributed by atoms with Gasteiger partial charge in [0.15, 0.2) is 0 Å². The van der Waals surface area contributed by atoms with Gasteiger partial charge in [0.1, 0.15) is 0 Å². The Labute approximate surface area is 109 Å². The van der Waals surface area contributed by atoms with E-state index in [1.165, 1.54) is 5.56 Å². The predicted molar refractivity (Wildman–Crippen MR) is 75.8 cm³/mol. The van der Waals surface area contributed by atoms with Crippen molar-refractivity contribution in [2.75, 3.05) is 11.9 Å². The Balaban J connectivity index is 2.12. The summed E-state index contributed by atoms with van der Waals surface area (Å²) in [6.07, 6.45) is 2.09. The minimum Gasteiger partial charge on any atom is -0.355 e. The molecular formula is C15H21N3. The van der Waals surface area contributed by atoms with Crippen molar-refractivity contribution in [3.05, 3.63) is 47.8 Å². The predicted octanol–water partition coefficient (Wildman–Crippen LogP) is 3.31. The molecule has 18 heavy (non-hydrogen) atoms. The van der Waals surface area contributed by atoms with Crippen LogP contribution in [0, 0.1) is 12.8 Å². The van der Waals surface area contributed by atoms with Gasteiger partial charge in [-0.2, -0.15) is 0 Å². The molecular weight excluding hydrogens is 222 g/mol. The van der Waals surface area contributed by atoms with E-state index in [-0.39, 0.29) is 0 Å². The van der Waals surface area contributed by atoms with Gasteiger partial charge in [-0.25, -0.2) is 4.98 Å². The van der Waals surface area contributed by atoms with E-state index in [1.807, 2.05) is 13.0 Å². The van der Waals surface area contributed by atoms with E-state index in [0.29, 0.717) is 5.92 Å². The third kappa shape index (κ3) is 3.36. The molecule has 0 saturated heterocycles. The molecule has 2 rings (SSSR count). The van der Waals surface area contributed by atoms with Gasteiger partial charge in [0, 0.05) is 12.7 Å². The molecule has 0 atom stereocenters. The molecule has 0 radical (unpaired) electrons. The molecule has 0 unspecified atom stereocenters. The Morgan fingerprint density at radius 2 is 1.94 bits per heavy atom. The van der Waals surface area contributed by atoms with E-state index in [4.69, 9.17) is 0 Å². The first-order valence-electron chi connectivity index (χ1n) is 6.46. The maximum Gasteiger partial charge on any atom is 0.203 e.